The smallest absolute Gasteiger partial charge is 0.263 e. The van der Waals surface area contributed by atoms with E-state index in [-0.39, 0.29) is 35.8 Å². The number of imide groups is 2. The highest BCUT2D eigenvalue weighted by Gasteiger charge is 2.65. The molecule has 3 fully saturated rings. The molecular formula is C14H9BrN2O4. The van der Waals surface area contributed by atoms with Crippen molar-refractivity contribution in [3.05, 3.63) is 33.8 Å². The maximum Gasteiger partial charge on any atom is 0.263 e. The lowest BCUT2D eigenvalue weighted by atomic mass is 9.63. The van der Waals surface area contributed by atoms with Gasteiger partial charge in [-0.25, -0.2) is 0 Å². The fourth-order valence-corrected chi connectivity index (χ4v) is 3.91. The molecule has 1 aromatic carbocycles. The zero-order chi connectivity index (χ0) is 14.9. The summed E-state index contributed by atoms with van der Waals surface area (Å²) in [5.41, 5.74) is -0.632. The number of halogens is 1. The highest BCUT2D eigenvalue weighted by molar-refractivity contribution is 9.10. The van der Waals surface area contributed by atoms with Crippen molar-refractivity contribution >= 4 is 39.6 Å². The summed E-state index contributed by atoms with van der Waals surface area (Å²) >= 11 is 3.27. The van der Waals surface area contributed by atoms with Crippen molar-refractivity contribution in [2.45, 2.75) is 18.4 Å². The molecule has 4 amide bonds. The Balaban J connectivity index is 1.81. The number of amides is 4. The summed E-state index contributed by atoms with van der Waals surface area (Å²) in [6.45, 7) is 0. The first kappa shape index (κ1) is 12.7. The van der Waals surface area contributed by atoms with E-state index in [0.29, 0.717) is 4.47 Å². The van der Waals surface area contributed by atoms with Crippen LogP contribution in [0, 0.1) is 5.92 Å². The van der Waals surface area contributed by atoms with Crippen LogP contribution in [0.1, 0.15) is 33.6 Å². The predicted octanol–water partition coefficient (Wildman–Crippen LogP) is 0.850. The number of hydrogen-bond donors (Lipinski definition) is 1. The second-order valence-corrected chi connectivity index (χ2v) is 6.42. The number of hydrogen-bond acceptors (Lipinski definition) is 4. The molecule has 0 atom stereocenters. The Morgan fingerprint density at radius 2 is 1.86 bits per heavy atom. The first-order chi connectivity index (χ1) is 9.95. The first-order valence-corrected chi connectivity index (χ1v) is 7.28. The summed E-state index contributed by atoms with van der Waals surface area (Å²) in [6.07, 6.45) is 0.446. The van der Waals surface area contributed by atoms with Crippen molar-refractivity contribution in [1.82, 2.24) is 10.2 Å². The maximum atomic E-state index is 12.6. The first-order valence-electron chi connectivity index (χ1n) is 6.48. The average molecular weight is 349 g/mol. The number of rotatable bonds is 1. The molecule has 6 nitrogen and oxygen atoms in total. The quantitative estimate of drug-likeness (QED) is 0.762. The topological polar surface area (TPSA) is 83.6 Å². The van der Waals surface area contributed by atoms with E-state index in [4.69, 9.17) is 0 Å². The molecule has 0 radical (unpaired) electrons. The van der Waals surface area contributed by atoms with Gasteiger partial charge in [0.15, 0.2) is 0 Å². The predicted molar refractivity (Wildman–Crippen MR) is 73.2 cm³/mol. The lowest BCUT2D eigenvalue weighted by Crippen LogP contribution is -2.74. The Hall–Kier alpha value is -2.02. The summed E-state index contributed by atoms with van der Waals surface area (Å²) in [5, 5.41) is 2.24. The molecular weight excluding hydrogens is 340 g/mol. The van der Waals surface area contributed by atoms with Crippen LogP contribution in [0.5, 0.6) is 0 Å². The molecule has 1 aromatic rings. The van der Waals surface area contributed by atoms with Gasteiger partial charge in [0.25, 0.3) is 17.7 Å². The number of carbonyl (C=O) groups is 4. The van der Waals surface area contributed by atoms with Crippen LogP contribution in [-0.2, 0) is 9.59 Å². The Morgan fingerprint density at radius 3 is 2.48 bits per heavy atom. The molecule has 2 saturated heterocycles. The molecule has 1 aliphatic carbocycles. The monoisotopic (exact) mass is 348 g/mol. The SMILES string of the molecule is O=C1NC(=O)C2(N3C(=O)c4cccc(Br)c4C3=O)CC1C2. The molecule has 1 N–H and O–H groups in total. The van der Waals surface area contributed by atoms with E-state index in [2.05, 4.69) is 21.2 Å². The number of piperidine rings is 2. The van der Waals surface area contributed by atoms with E-state index >= 15 is 0 Å². The molecule has 7 heteroatoms. The fraction of sp³-hybridized carbons (Fsp3) is 0.286. The van der Waals surface area contributed by atoms with Gasteiger partial charge in [0.2, 0.25) is 5.91 Å². The number of carbonyl (C=O) groups excluding carboxylic acids is 4. The van der Waals surface area contributed by atoms with Crippen LogP contribution >= 0.6 is 15.9 Å². The second kappa shape index (κ2) is 3.79. The van der Waals surface area contributed by atoms with E-state index in [1.807, 2.05) is 0 Å². The summed E-state index contributed by atoms with van der Waals surface area (Å²) in [5.74, 6) is -2.12. The summed E-state index contributed by atoms with van der Waals surface area (Å²) in [7, 11) is 0. The van der Waals surface area contributed by atoms with Gasteiger partial charge in [-0.3, -0.25) is 29.4 Å². The second-order valence-electron chi connectivity index (χ2n) is 5.56. The van der Waals surface area contributed by atoms with Crippen molar-refractivity contribution in [2.75, 3.05) is 0 Å². The Kier molecular flexibility index (Phi) is 2.29. The van der Waals surface area contributed by atoms with Gasteiger partial charge < -0.3 is 0 Å². The largest absolute Gasteiger partial charge is 0.294 e. The summed E-state index contributed by atoms with van der Waals surface area (Å²) in [6, 6.07) is 4.92. The third kappa shape index (κ3) is 1.37. The minimum Gasteiger partial charge on any atom is -0.294 e. The molecule has 21 heavy (non-hydrogen) atoms. The van der Waals surface area contributed by atoms with Crippen LogP contribution in [0.25, 0.3) is 0 Å². The third-order valence-electron chi connectivity index (χ3n) is 4.49. The van der Waals surface area contributed by atoms with Crippen molar-refractivity contribution < 1.29 is 19.2 Å². The maximum absolute atomic E-state index is 12.6. The van der Waals surface area contributed by atoms with Crippen LogP contribution in [0.2, 0.25) is 0 Å². The zero-order valence-electron chi connectivity index (χ0n) is 10.7. The van der Waals surface area contributed by atoms with Crippen molar-refractivity contribution in [1.29, 1.82) is 0 Å². The van der Waals surface area contributed by atoms with Gasteiger partial charge >= 0.3 is 0 Å². The highest BCUT2D eigenvalue weighted by Crippen LogP contribution is 2.49. The number of nitrogens with zero attached hydrogens (tertiary/aromatic N) is 1. The molecule has 4 aliphatic rings. The van der Waals surface area contributed by atoms with E-state index in [1.54, 1.807) is 18.2 Å². The average Bonchev–Trinajstić information content (AvgIpc) is 2.63. The van der Waals surface area contributed by atoms with E-state index in [0.717, 1.165) is 4.90 Å². The lowest BCUT2D eigenvalue weighted by molar-refractivity contribution is -0.158. The minimum absolute atomic E-state index is 0.223. The van der Waals surface area contributed by atoms with Crippen molar-refractivity contribution in [3.8, 4) is 0 Å². The normalized spacial score (nSPS) is 30.1. The molecule has 3 aliphatic heterocycles. The molecule has 0 unspecified atom stereocenters. The summed E-state index contributed by atoms with van der Waals surface area (Å²) < 4.78 is 0.528. The van der Waals surface area contributed by atoms with Gasteiger partial charge in [0, 0.05) is 10.4 Å². The van der Waals surface area contributed by atoms with Gasteiger partial charge in [0.05, 0.1) is 11.1 Å². The van der Waals surface area contributed by atoms with Crippen molar-refractivity contribution in [3.63, 3.8) is 0 Å². The van der Waals surface area contributed by atoms with Gasteiger partial charge in [0.1, 0.15) is 5.54 Å². The molecule has 0 aromatic heterocycles. The Morgan fingerprint density at radius 1 is 1.14 bits per heavy atom. The molecule has 3 heterocycles. The molecule has 5 rings (SSSR count). The van der Waals surface area contributed by atoms with Crippen LogP contribution in [0.15, 0.2) is 22.7 Å². The number of fused-ring (bicyclic) bond motifs is 3. The number of benzene rings is 1. The van der Waals surface area contributed by atoms with Crippen molar-refractivity contribution in [2.24, 2.45) is 5.92 Å². The Bertz CT molecular complexity index is 751. The Labute approximate surface area is 127 Å². The van der Waals surface area contributed by atoms with Gasteiger partial charge in [-0.15, -0.1) is 0 Å². The van der Waals surface area contributed by atoms with E-state index < -0.39 is 23.3 Å². The molecule has 2 bridgehead atoms. The van der Waals surface area contributed by atoms with Gasteiger partial charge in [-0.2, -0.15) is 0 Å². The van der Waals surface area contributed by atoms with Crippen LogP contribution < -0.4 is 5.32 Å². The minimum atomic E-state index is -1.20. The van der Waals surface area contributed by atoms with Crippen LogP contribution in [0.4, 0.5) is 0 Å². The molecule has 1 saturated carbocycles. The third-order valence-corrected chi connectivity index (χ3v) is 5.15. The van der Waals surface area contributed by atoms with Gasteiger partial charge in [-0.1, -0.05) is 6.07 Å². The van der Waals surface area contributed by atoms with E-state index in [1.165, 1.54) is 0 Å². The zero-order valence-corrected chi connectivity index (χ0v) is 12.3. The fourth-order valence-electron chi connectivity index (χ4n) is 3.37. The van der Waals surface area contributed by atoms with Crippen LogP contribution in [0.3, 0.4) is 0 Å². The standard InChI is InChI=1S/C14H9BrN2O4/c15-8-3-1-2-7-9(8)12(20)17(11(7)19)14-4-6(5-14)10(18)16-13(14)21/h1-3,6H,4-5H2,(H,16,18,21). The summed E-state index contributed by atoms with van der Waals surface area (Å²) in [4.78, 5) is 49.9. The molecule has 106 valence electrons. The van der Waals surface area contributed by atoms with Crippen LogP contribution in [-0.4, -0.2) is 34.1 Å². The number of nitrogens with one attached hydrogen (secondary N) is 1. The van der Waals surface area contributed by atoms with E-state index in [9.17, 15) is 19.2 Å². The lowest BCUT2D eigenvalue weighted by Gasteiger charge is -2.52. The molecule has 0 spiro atoms. The van der Waals surface area contributed by atoms with Gasteiger partial charge in [-0.05, 0) is 40.9 Å². The highest BCUT2D eigenvalue weighted by atomic mass is 79.9.